The second-order valence-corrected chi connectivity index (χ2v) is 7.55. The van der Waals surface area contributed by atoms with Gasteiger partial charge in [-0.2, -0.15) is 0 Å². The van der Waals surface area contributed by atoms with Crippen molar-refractivity contribution >= 4 is 5.91 Å². The molecule has 144 valence electrons. The Hall–Kier alpha value is -2.17. The Morgan fingerprint density at radius 1 is 1.11 bits per heavy atom. The van der Waals surface area contributed by atoms with Gasteiger partial charge in [-0.05, 0) is 43.4 Å². The number of carbonyl (C=O) groups excluding carboxylic acids is 1. The molecule has 1 amide bonds. The van der Waals surface area contributed by atoms with Crippen LogP contribution in [0.4, 0.5) is 0 Å². The zero-order valence-electron chi connectivity index (χ0n) is 16.3. The van der Waals surface area contributed by atoms with E-state index in [2.05, 4.69) is 35.2 Å². The maximum absolute atomic E-state index is 12.8. The van der Waals surface area contributed by atoms with Crippen molar-refractivity contribution in [2.45, 2.75) is 32.4 Å². The molecule has 0 saturated carbocycles. The first-order valence-electron chi connectivity index (χ1n) is 10.00. The number of nitrogens with two attached hydrogens (primary N) is 1. The van der Waals surface area contributed by atoms with E-state index in [0.29, 0.717) is 12.3 Å². The van der Waals surface area contributed by atoms with Crippen molar-refractivity contribution in [3.05, 3.63) is 71.8 Å². The van der Waals surface area contributed by atoms with Crippen LogP contribution in [-0.2, 0) is 17.8 Å². The van der Waals surface area contributed by atoms with Crippen molar-refractivity contribution < 1.29 is 4.79 Å². The summed E-state index contributed by atoms with van der Waals surface area (Å²) in [6.07, 6.45) is 1.74. The number of benzene rings is 2. The summed E-state index contributed by atoms with van der Waals surface area (Å²) >= 11 is 0. The van der Waals surface area contributed by atoms with Crippen LogP contribution in [0.2, 0.25) is 0 Å². The maximum atomic E-state index is 12.8. The number of rotatable bonds is 8. The largest absolute Gasteiger partial charge is 0.341 e. The predicted molar refractivity (Wildman–Crippen MR) is 110 cm³/mol. The maximum Gasteiger partial charge on any atom is 0.239 e. The molecule has 1 fully saturated rings. The Morgan fingerprint density at radius 3 is 2.37 bits per heavy atom. The molecule has 27 heavy (non-hydrogen) atoms. The number of likely N-dealkylation sites (tertiary alicyclic amines) is 1. The van der Waals surface area contributed by atoms with Crippen molar-refractivity contribution in [3.8, 4) is 0 Å². The van der Waals surface area contributed by atoms with Crippen molar-refractivity contribution in [2.75, 3.05) is 26.2 Å². The normalized spacial score (nSPS) is 18.4. The fraction of sp³-hybridized carbons (Fsp3) is 0.435. The molecule has 0 aromatic heterocycles. The van der Waals surface area contributed by atoms with Crippen molar-refractivity contribution in [1.29, 1.82) is 0 Å². The minimum Gasteiger partial charge on any atom is -0.341 e. The molecule has 2 N–H and O–H groups in total. The molecule has 2 unspecified atom stereocenters. The quantitative estimate of drug-likeness (QED) is 0.782. The highest BCUT2D eigenvalue weighted by atomic mass is 16.2. The summed E-state index contributed by atoms with van der Waals surface area (Å²) in [5, 5.41) is 0. The number of amides is 1. The fourth-order valence-electron chi connectivity index (χ4n) is 3.92. The minimum absolute atomic E-state index is 0.0721. The minimum atomic E-state index is -0.464. The number of carbonyl (C=O) groups is 1. The molecular weight excluding hydrogens is 334 g/mol. The molecule has 1 heterocycles. The van der Waals surface area contributed by atoms with Gasteiger partial charge in [0, 0.05) is 26.2 Å². The summed E-state index contributed by atoms with van der Waals surface area (Å²) in [4.78, 5) is 17.3. The lowest BCUT2D eigenvalue weighted by molar-refractivity contribution is -0.133. The van der Waals surface area contributed by atoms with Gasteiger partial charge in [0.1, 0.15) is 0 Å². The highest BCUT2D eigenvalue weighted by Gasteiger charge is 2.27. The number of hydrogen-bond acceptors (Lipinski definition) is 3. The summed E-state index contributed by atoms with van der Waals surface area (Å²) in [5.41, 5.74) is 8.70. The van der Waals surface area contributed by atoms with Crippen molar-refractivity contribution in [2.24, 2.45) is 11.7 Å². The third kappa shape index (κ3) is 5.65. The van der Waals surface area contributed by atoms with Gasteiger partial charge in [0.15, 0.2) is 0 Å². The van der Waals surface area contributed by atoms with E-state index in [1.54, 1.807) is 0 Å². The summed E-state index contributed by atoms with van der Waals surface area (Å²) in [5.74, 6) is 0.601. The Bertz CT molecular complexity index is 704. The number of likely N-dealkylation sites (N-methyl/N-ethyl adjacent to an activating group) is 1. The second kappa shape index (κ2) is 9.67. The van der Waals surface area contributed by atoms with Crippen LogP contribution in [0, 0.1) is 5.92 Å². The lowest BCUT2D eigenvalue weighted by Crippen LogP contribution is -2.46. The van der Waals surface area contributed by atoms with E-state index in [1.807, 2.05) is 42.2 Å². The molecule has 0 spiro atoms. The highest BCUT2D eigenvalue weighted by molar-refractivity contribution is 5.82. The van der Waals surface area contributed by atoms with E-state index in [-0.39, 0.29) is 5.91 Å². The van der Waals surface area contributed by atoms with Gasteiger partial charge in [0.25, 0.3) is 0 Å². The third-order valence-electron chi connectivity index (χ3n) is 5.41. The van der Waals surface area contributed by atoms with Crippen molar-refractivity contribution in [3.63, 3.8) is 0 Å². The Kier molecular flexibility index (Phi) is 7.02. The molecule has 0 bridgehead atoms. The summed E-state index contributed by atoms with van der Waals surface area (Å²) in [6.45, 7) is 6.71. The first kappa shape index (κ1) is 19.6. The van der Waals surface area contributed by atoms with E-state index in [4.69, 9.17) is 5.73 Å². The zero-order valence-corrected chi connectivity index (χ0v) is 16.3. The number of nitrogens with zero attached hydrogens (tertiary/aromatic N) is 2. The van der Waals surface area contributed by atoms with Gasteiger partial charge >= 0.3 is 0 Å². The Morgan fingerprint density at radius 2 is 1.74 bits per heavy atom. The lowest BCUT2D eigenvalue weighted by atomic mass is 10.0. The summed E-state index contributed by atoms with van der Waals surface area (Å²) < 4.78 is 0. The fourth-order valence-corrected chi connectivity index (χ4v) is 3.92. The second-order valence-electron chi connectivity index (χ2n) is 7.55. The van der Waals surface area contributed by atoms with Crippen LogP contribution >= 0.6 is 0 Å². The summed E-state index contributed by atoms with van der Waals surface area (Å²) in [6, 6.07) is 20.2. The molecule has 2 aromatic carbocycles. The van der Waals surface area contributed by atoms with Gasteiger partial charge in [-0.25, -0.2) is 0 Å². The van der Waals surface area contributed by atoms with Gasteiger partial charge < -0.3 is 10.6 Å². The van der Waals surface area contributed by atoms with Crippen molar-refractivity contribution in [1.82, 2.24) is 9.80 Å². The van der Waals surface area contributed by atoms with Gasteiger partial charge in [-0.15, -0.1) is 0 Å². The van der Waals surface area contributed by atoms with Crippen LogP contribution in [0.1, 0.15) is 24.5 Å². The predicted octanol–water partition coefficient (Wildman–Crippen LogP) is 2.93. The highest BCUT2D eigenvalue weighted by Crippen LogP contribution is 2.20. The van der Waals surface area contributed by atoms with E-state index in [1.165, 1.54) is 5.56 Å². The monoisotopic (exact) mass is 365 g/mol. The smallest absolute Gasteiger partial charge is 0.239 e. The van der Waals surface area contributed by atoms with Gasteiger partial charge in [0.2, 0.25) is 5.91 Å². The van der Waals surface area contributed by atoms with Crippen LogP contribution in [0.3, 0.4) is 0 Å². The molecule has 1 aliphatic heterocycles. The van der Waals surface area contributed by atoms with Crippen LogP contribution in [0.15, 0.2) is 60.7 Å². The number of hydrogen-bond donors (Lipinski definition) is 1. The van der Waals surface area contributed by atoms with Crippen LogP contribution in [0.25, 0.3) is 0 Å². The first-order valence-corrected chi connectivity index (χ1v) is 10.00. The van der Waals surface area contributed by atoms with E-state index in [0.717, 1.165) is 44.7 Å². The Labute approximate surface area is 163 Å². The molecule has 2 aromatic rings. The molecule has 4 nitrogen and oxygen atoms in total. The SMILES string of the molecule is CCN(CC1CCN(Cc2ccccc2)C1)C(=O)C(N)Cc1ccccc1. The lowest BCUT2D eigenvalue weighted by Gasteiger charge is -2.27. The van der Waals surface area contributed by atoms with Gasteiger partial charge in [0.05, 0.1) is 6.04 Å². The Balaban J connectivity index is 1.50. The average Bonchev–Trinajstić information content (AvgIpc) is 3.14. The van der Waals surface area contributed by atoms with Crippen LogP contribution < -0.4 is 5.73 Å². The van der Waals surface area contributed by atoms with Crippen LogP contribution in [-0.4, -0.2) is 47.9 Å². The molecule has 1 saturated heterocycles. The topological polar surface area (TPSA) is 49.6 Å². The zero-order chi connectivity index (χ0) is 19.1. The van der Waals surface area contributed by atoms with E-state index < -0.39 is 6.04 Å². The standard InChI is InChI=1S/C23H31N3O/c1-2-26(23(27)22(24)15-19-9-5-3-6-10-19)18-21-13-14-25(17-21)16-20-11-7-4-8-12-20/h3-12,21-22H,2,13-18,24H2,1H3. The first-order chi connectivity index (χ1) is 13.2. The summed E-state index contributed by atoms with van der Waals surface area (Å²) in [7, 11) is 0. The van der Waals surface area contributed by atoms with E-state index >= 15 is 0 Å². The van der Waals surface area contributed by atoms with E-state index in [9.17, 15) is 4.79 Å². The molecule has 0 radical (unpaired) electrons. The average molecular weight is 366 g/mol. The molecule has 0 aliphatic carbocycles. The molecule has 2 atom stereocenters. The van der Waals surface area contributed by atoms with Gasteiger partial charge in [-0.3, -0.25) is 9.69 Å². The molecule has 1 aliphatic rings. The van der Waals surface area contributed by atoms with Crippen LogP contribution in [0.5, 0.6) is 0 Å². The van der Waals surface area contributed by atoms with Gasteiger partial charge in [-0.1, -0.05) is 60.7 Å². The molecular formula is C23H31N3O. The third-order valence-corrected chi connectivity index (χ3v) is 5.41. The molecule has 4 heteroatoms. The molecule has 3 rings (SSSR count).